The Morgan fingerprint density at radius 1 is 1.21 bits per heavy atom. The van der Waals surface area contributed by atoms with Crippen LogP contribution in [0.25, 0.3) is 0 Å². The number of rotatable bonds is 2. The van der Waals surface area contributed by atoms with Gasteiger partial charge in [-0.15, -0.1) is 0 Å². The molecule has 2 unspecified atom stereocenters. The minimum atomic E-state index is -0.141. The molecule has 1 aromatic rings. The van der Waals surface area contributed by atoms with E-state index in [1.807, 2.05) is 0 Å². The lowest BCUT2D eigenvalue weighted by molar-refractivity contribution is -0.120. The maximum Gasteiger partial charge on any atom is 0.229 e. The van der Waals surface area contributed by atoms with Gasteiger partial charge in [-0.05, 0) is 25.0 Å². The number of hydrogen-bond acceptors (Lipinski definition) is 2. The Labute approximate surface area is 123 Å². The Morgan fingerprint density at radius 3 is 2.74 bits per heavy atom. The van der Waals surface area contributed by atoms with E-state index in [-0.39, 0.29) is 17.9 Å². The first kappa shape index (κ1) is 14.6. The topological polar surface area (TPSA) is 55.1 Å². The van der Waals surface area contributed by atoms with Crippen LogP contribution < -0.4 is 11.1 Å². The standard InChI is InChI=1S/C14H18Cl2N2O/c15-10-6-4-8-12(13(10)16)18-14(19)9-5-2-1-3-7-11(9)17/h4,6,8-9,11H,1-3,5,7,17H2,(H,18,19). The first-order chi connectivity index (χ1) is 9.09. The summed E-state index contributed by atoms with van der Waals surface area (Å²) in [5.74, 6) is -0.198. The zero-order valence-electron chi connectivity index (χ0n) is 10.7. The van der Waals surface area contributed by atoms with Crippen LogP contribution in [-0.4, -0.2) is 11.9 Å². The van der Waals surface area contributed by atoms with E-state index in [9.17, 15) is 4.79 Å². The van der Waals surface area contributed by atoms with Crippen molar-refractivity contribution in [1.82, 2.24) is 0 Å². The van der Waals surface area contributed by atoms with Gasteiger partial charge in [0.1, 0.15) is 0 Å². The molecule has 1 amide bonds. The molecule has 5 heteroatoms. The zero-order valence-corrected chi connectivity index (χ0v) is 12.2. The molecule has 1 saturated carbocycles. The van der Waals surface area contributed by atoms with Gasteiger partial charge >= 0.3 is 0 Å². The normalized spacial score (nSPS) is 23.7. The monoisotopic (exact) mass is 300 g/mol. The molecule has 2 rings (SSSR count). The predicted molar refractivity (Wildman–Crippen MR) is 79.6 cm³/mol. The fraction of sp³-hybridized carbons (Fsp3) is 0.500. The second-order valence-electron chi connectivity index (χ2n) is 5.00. The number of nitrogens with two attached hydrogens (primary N) is 1. The third-order valence-corrected chi connectivity index (χ3v) is 4.43. The maximum atomic E-state index is 12.3. The molecule has 0 aliphatic heterocycles. The second kappa shape index (κ2) is 6.60. The largest absolute Gasteiger partial charge is 0.327 e. The van der Waals surface area contributed by atoms with Crippen molar-refractivity contribution in [3.8, 4) is 0 Å². The van der Waals surface area contributed by atoms with Crippen molar-refractivity contribution < 1.29 is 4.79 Å². The van der Waals surface area contributed by atoms with E-state index >= 15 is 0 Å². The minimum Gasteiger partial charge on any atom is -0.327 e. The number of halogens is 2. The summed E-state index contributed by atoms with van der Waals surface area (Å²) < 4.78 is 0. The average Bonchev–Trinajstić information content (AvgIpc) is 2.59. The van der Waals surface area contributed by atoms with Crippen LogP contribution in [0, 0.1) is 5.92 Å². The minimum absolute atomic E-state index is 0.0569. The van der Waals surface area contributed by atoms with E-state index < -0.39 is 0 Å². The molecular weight excluding hydrogens is 283 g/mol. The van der Waals surface area contributed by atoms with Crippen LogP contribution in [0.4, 0.5) is 5.69 Å². The summed E-state index contributed by atoms with van der Waals surface area (Å²) in [5.41, 5.74) is 6.63. The van der Waals surface area contributed by atoms with Gasteiger partial charge in [-0.25, -0.2) is 0 Å². The Hall–Kier alpha value is -0.770. The van der Waals surface area contributed by atoms with Crippen molar-refractivity contribution in [1.29, 1.82) is 0 Å². The lowest BCUT2D eigenvalue weighted by Gasteiger charge is -2.21. The lowest BCUT2D eigenvalue weighted by Crippen LogP contribution is -2.37. The molecule has 104 valence electrons. The summed E-state index contributed by atoms with van der Waals surface area (Å²) in [4.78, 5) is 12.3. The van der Waals surface area contributed by atoms with Gasteiger partial charge in [0.25, 0.3) is 0 Å². The smallest absolute Gasteiger partial charge is 0.229 e. The molecule has 1 fully saturated rings. The number of carbonyl (C=O) groups is 1. The summed E-state index contributed by atoms with van der Waals surface area (Å²) in [6, 6.07) is 5.13. The average molecular weight is 301 g/mol. The Morgan fingerprint density at radius 2 is 1.95 bits per heavy atom. The van der Waals surface area contributed by atoms with E-state index in [1.165, 1.54) is 0 Å². The molecule has 2 atom stereocenters. The van der Waals surface area contributed by atoms with Gasteiger partial charge in [0.2, 0.25) is 5.91 Å². The Balaban J connectivity index is 2.09. The Bertz CT molecular complexity index is 465. The van der Waals surface area contributed by atoms with Gasteiger partial charge in [0.05, 0.1) is 21.7 Å². The third-order valence-electron chi connectivity index (χ3n) is 3.62. The first-order valence-electron chi connectivity index (χ1n) is 6.60. The summed E-state index contributed by atoms with van der Waals surface area (Å²) in [6.07, 6.45) is 5.04. The molecule has 19 heavy (non-hydrogen) atoms. The number of benzene rings is 1. The molecule has 0 radical (unpaired) electrons. The van der Waals surface area contributed by atoms with Crippen molar-refractivity contribution in [2.24, 2.45) is 11.7 Å². The van der Waals surface area contributed by atoms with Gasteiger partial charge in [0.15, 0.2) is 0 Å². The van der Waals surface area contributed by atoms with Crippen LogP contribution in [0.5, 0.6) is 0 Å². The molecule has 1 aliphatic carbocycles. The fourth-order valence-corrected chi connectivity index (χ4v) is 2.84. The number of hydrogen-bond donors (Lipinski definition) is 2. The SMILES string of the molecule is NC1CCCCCC1C(=O)Nc1cccc(Cl)c1Cl. The molecule has 1 aromatic carbocycles. The van der Waals surface area contributed by atoms with E-state index in [0.717, 1.165) is 32.1 Å². The van der Waals surface area contributed by atoms with Crippen molar-refractivity contribution in [3.63, 3.8) is 0 Å². The van der Waals surface area contributed by atoms with E-state index in [4.69, 9.17) is 28.9 Å². The maximum absolute atomic E-state index is 12.3. The third kappa shape index (κ3) is 3.62. The molecule has 0 saturated heterocycles. The predicted octanol–water partition coefficient (Wildman–Crippen LogP) is 3.84. The van der Waals surface area contributed by atoms with Crippen LogP contribution in [0.15, 0.2) is 18.2 Å². The summed E-state index contributed by atoms with van der Waals surface area (Å²) in [6.45, 7) is 0. The van der Waals surface area contributed by atoms with Crippen molar-refractivity contribution in [3.05, 3.63) is 28.2 Å². The van der Waals surface area contributed by atoms with E-state index in [0.29, 0.717) is 15.7 Å². The van der Waals surface area contributed by atoms with Gasteiger partial charge in [-0.1, -0.05) is 48.5 Å². The summed E-state index contributed by atoms with van der Waals surface area (Å²) in [5, 5.41) is 3.65. The lowest BCUT2D eigenvalue weighted by atomic mass is 9.94. The quantitative estimate of drug-likeness (QED) is 0.815. The van der Waals surface area contributed by atoms with E-state index in [1.54, 1.807) is 18.2 Å². The highest BCUT2D eigenvalue weighted by Gasteiger charge is 2.27. The number of nitrogens with one attached hydrogen (secondary N) is 1. The van der Waals surface area contributed by atoms with Crippen LogP contribution in [-0.2, 0) is 4.79 Å². The summed E-state index contributed by atoms with van der Waals surface area (Å²) in [7, 11) is 0. The fourth-order valence-electron chi connectivity index (χ4n) is 2.49. The number of anilines is 1. The van der Waals surface area contributed by atoms with Crippen LogP contribution in [0.2, 0.25) is 10.0 Å². The van der Waals surface area contributed by atoms with Crippen molar-refractivity contribution in [2.45, 2.75) is 38.1 Å². The van der Waals surface area contributed by atoms with Gasteiger partial charge < -0.3 is 11.1 Å². The number of carbonyl (C=O) groups excluding carboxylic acids is 1. The molecular formula is C14H18Cl2N2O. The highest BCUT2D eigenvalue weighted by Crippen LogP contribution is 2.31. The van der Waals surface area contributed by atoms with Crippen LogP contribution >= 0.6 is 23.2 Å². The molecule has 1 aliphatic rings. The summed E-state index contributed by atoms with van der Waals surface area (Å²) >= 11 is 12.0. The zero-order chi connectivity index (χ0) is 13.8. The van der Waals surface area contributed by atoms with Crippen molar-refractivity contribution >= 4 is 34.8 Å². The van der Waals surface area contributed by atoms with Gasteiger partial charge in [-0.2, -0.15) is 0 Å². The van der Waals surface area contributed by atoms with Crippen molar-refractivity contribution in [2.75, 3.05) is 5.32 Å². The number of amides is 1. The van der Waals surface area contributed by atoms with Gasteiger partial charge in [-0.3, -0.25) is 4.79 Å². The molecule has 3 N–H and O–H groups in total. The second-order valence-corrected chi connectivity index (χ2v) is 5.78. The van der Waals surface area contributed by atoms with Gasteiger partial charge in [0, 0.05) is 6.04 Å². The van der Waals surface area contributed by atoms with E-state index in [2.05, 4.69) is 5.32 Å². The van der Waals surface area contributed by atoms with Crippen LogP contribution in [0.1, 0.15) is 32.1 Å². The highest BCUT2D eigenvalue weighted by molar-refractivity contribution is 6.44. The molecule has 3 nitrogen and oxygen atoms in total. The molecule has 0 spiro atoms. The molecule has 0 heterocycles. The molecule has 0 aromatic heterocycles. The molecule has 0 bridgehead atoms. The highest BCUT2D eigenvalue weighted by atomic mass is 35.5. The van der Waals surface area contributed by atoms with Crippen LogP contribution in [0.3, 0.4) is 0 Å². The first-order valence-corrected chi connectivity index (χ1v) is 7.35. The Kier molecular flexibility index (Phi) is 5.08.